The summed E-state index contributed by atoms with van der Waals surface area (Å²) in [5, 5.41) is 3.08. The van der Waals surface area contributed by atoms with Crippen molar-refractivity contribution in [3.63, 3.8) is 0 Å². The summed E-state index contributed by atoms with van der Waals surface area (Å²) in [5.41, 5.74) is 0.547. The molecule has 1 atom stereocenters. The number of carbonyl (C=O) groups is 1. The Morgan fingerprint density at radius 1 is 1.12 bits per heavy atom. The van der Waals surface area contributed by atoms with Gasteiger partial charge in [-0.05, 0) is 50.1 Å². The van der Waals surface area contributed by atoms with Gasteiger partial charge < -0.3 is 19.5 Å². The van der Waals surface area contributed by atoms with Crippen LogP contribution in [0.5, 0.6) is 17.2 Å². The lowest BCUT2D eigenvalue weighted by Crippen LogP contribution is -2.43. The van der Waals surface area contributed by atoms with Gasteiger partial charge in [0.05, 0.1) is 36.7 Å². The first-order valence-corrected chi connectivity index (χ1v) is 12.1. The predicted molar refractivity (Wildman–Crippen MR) is 122 cm³/mol. The lowest BCUT2D eigenvalue weighted by Gasteiger charge is -2.31. The van der Waals surface area contributed by atoms with Gasteiger partial charge in [0.15, 0.2) is 11.5 Å². The molecule has 0 unspecified atom stereocenters. The molecule has 0 aromatic heterocycles. The number of ether oxygens (including phenoxy) is 3. The summed E-state index contributed by atoms with van der Waals surface area (Å²) < 4.78 is 43.5. The third-order valence-electron chi connectivity index (χ3n) is 5.25. The van der Waals surface area contributed by atoms with Crippen LogP contribution in [-0.4, -0.2) is 52.5 Å². The van der Waals surface area contributed by atoms with E-state index in [1.165, 1.54) is 30.7 Å². The van der Waals surface area contributed by atoms with Crippen molar-refractivity contribution in [2.24, 2.45) is 5.92 Å². The molecular formula is C22H27ClN2O6S. The number of anilines is 1. The van der Waals surface area contributed by atoms with Crippen molar-refractivity contribution in [2.45, 2.75) is 24.7 Å². The minimum atomic E-state index is -3.80. The Hall–Kier alpha value is -2.49. The number of benzene rings is 2. The Morgan fingerprint density at radius 3 is 2.50 bits per heavy atom. The number of rotatable bonds is 8. The van der Waals surface area contributed by atoms with Gasteiger partial charge in [-0.2, -0.15) is 4.31 Å². The Kier molecular flexibility index (Phi) is 7.86. The molecule has 1 aliphatic heterocycles. The predicted octanol–water partition coefficient (Wildman–Crippen LogP) is 3.80. The topological polar surface area (TPSA) is 94.2 Å². The van der Waals surface area contributed by atoms with Crippen LogP contribution in [0.25, 0.3) is 0 Å². The van der Waals surface area contributed by atoms with Crippen molar-refractivity contribution < 1.29 is 27.4 Å². The number of amides is 1. The first-order valence-electron chi connectivity index (χ1n) is 10.3. The van der Waals surface area contributed by atoms with E-state index in [9.17, 15) is 13.2 Å². The molecule has 1 heterocycles. The number of sulfonamides is 1. The van der Waals surface area contributed by atoms with Crippen molar-refractivity contribution in [3.05, 3.63) is 41.4 Å². The highest BCUT2D eigenvalue weighted by Crippen LogP contribution is 2.32. The van der Waals surface area contributed by atoms with Gasteiger partial charge in [-0.3, -0.25) is 4.79 Å². The summed E-state index contributed by atoms with van der Waals surface area (Å²) in [7, 11) is -0.752. The zero-order chi connectivity index (χ0) is 23.3. The molecular weight excluding hydrogens is 456 g/mol. The number of methoxy groups -OCH3 is 2. The van der Waals surface area contributed by atoms with Gasteiger partial charge >= 0.3 is 0 Å². The Bertz CT molecular complexity index is 1080. The van der Waals surface area contributed by atoms with Gasteiger partial charge in [-0.1, -0.05) is 11.6 Å². The molecule has 0 spiro atoms. The molecule has 1 N–H and O–H groups in total. The van der Waals surface area contributed by atoms with E-state index in [2.05, 4.69) is 5.32 Å². The molecule has 32 heavy (non-hydrogen) atoms. The maximum Gasteiger partial charge on any atom is 0.243 e. The van der Waals surface area contributed by atoms with E-state index >= 15 is 0 Å². The largest absolute Gasteiger partial charge is 0.493 e. The van der Waals surface area contributed by atoms with E-state index in [0.29, 0.717) is 48.9 Å². The molecule has 2 aromatic carbocycles. The second-order valence-corrected chi connectivity index (χ2v) is 9.63. The summed E-state index contributed by atoms with van der Waals surface area (Å²) in [6.45, 7) is 2.68. The Labute approximate surface area is 193 Å². The highest BCUT2D eigenvalue weighted by molar-refractivity contribution is 7.89. The van der Waals surface area contributed by atoms with E-state index in [-0.39, 0.29) is 22.4 Å². The Morgan fingerprint density at radius 2 is 1.84 bits per heavy atom. The van der Waals surface area contributed by atoms with Gasteiger partial charge in [0, 0.05) is 24.8 Å². The van der Waals surface area contributed by atoms with E-state index in [0.717, 1.165) is 0 Å². The standard InChI is InChI=1S/C22H27ClN2O6S/c1-4-31-19-10-8-17(13-18(19)23)32(27,28)25-11-5-6-15(14-25)22(26)24-16-7-9-20(29-2)21(12-16)30-3/h7-10,12-13,15H,4-6,11,14H2,1-3H3,(H,24,26)/t15-/m1/s1. The van der Waals surface area contributed by atoms with Gasteiger partial charge in [-0.15, -0.1) is 0 Å². The summed E-state index contributed by atoms with van der Waals surface area (Å²) >= 11 is 6.18. The van der Waals surface area contributed by atoms with Crippen LogP contribution in [0.3, 0.4) is 0 Å². The van der Waals surface area contributed by atoms with E-state index in [1.807, 2.05) is 6.92 Å². The van der Waals surface area contributed by atoms with Crippen LogP contribution in [0.2, 0.25) is 5.02 Å². The first kappa shape index (κ1) is 24.2. The Balaban J connectivity index is 1.73. The van der Waals surface area contributed by atoms with Crippen LogP contribution in [0.1, 0.15) is 19.8 Å². The quantitative estimate of drug-likeness (QED) is 0.615. The second-order valence-electron chi connectivity index (χ2n) is 7.29. The highest BCUT2D eigenvalue weighted by Gasteiger charge is 2.33. The van der Waals surface area contributed by atoms with Crippen LogP contribution >= 0.6 is 11.6 Å². The maximum atomic E-state index is 13.2. The van der Waals surface area contributed by atoms with Crippen LogP contribution in [-0.2, 0) is 14.8 Å². The second kappa shape index (κ2) is 10.4. The van der Waals surface area contributed by atoms with Gasteiger partial charge in [0.2, 0.25) is 15.9 Å². The van der Waals surface area contributed by atoms with Gasteiger partial charge in [0.25, 0.3) is 0 Å². The minimum Gasteiger partial charge on any atom is -0.493 e. The molecule has 174 valence electrons. The fraction of sp³-hybridized carbons (Fsp3) is 0.409. The SMILES string of the molecule is CCOc1ccc(S(=O)(=O)N2CCC[C@@H](C(=O)Nc3ccc(OC)c(OC)c3)C2)cc1Cl. The van der Waals surface area contributed by atoms with Crippen LogP contribution in [0.4, 0.5) is 5.69 Å². The molecule has 3 rings (SSSR count). The highest BCUT2D eigenvalue weighted by atomic mass is 35.5. The zero-order valence-corrected chi connectivity index (χ0v) is 19.8. The smallest absolute Gasteiger partial charge is 0.243 e. The average Bonchev–Trinajstić information content (AvgIpc) is 2.80. The van der Waals surface area contributed by atoms with E-state index < -0.39 is 15.9 Å². The summed E-state index contributed by atoms with van der Waals surface area (Å²) in [5.74, 6) is 0.741. The number of hydrogen-bond donors (Lipinski definition) is 1. The molecule has 10 heteroatoms. The summed E-state index contributed by atoms with van der Waals surface area (Å²) in [4.78, 5) is 12.9. The number of halogens is 1. The van der Waals surface area contributed by atoms with Crippen molar-refractivity contribution in [1.82, 2.24) is 4.31 Å². The lowest BCUT2D eigenvalue weighted by atomic mass is 9.98. The van der Waals surface area contributed by atoms with Crippen molar-refractivity contribution in [1.29, 1.82) is 0 Å². The number of carbonyl (C=O) groups excluding carboxylic acids is 1. The number of piperidine rings is 1. The number of nitrogens with zero attached hydrogens (tertiary/aromatic N) is 1. The van der Waals surface area contributed by atoms with Crippen molar-refractivity contribution >= 4 is 33.2 Å². The van der Waals surface area contributed by atoms with Crippen LogP contribution in [0, 0.1) is 5.92 Å². The van der Waals surface area contributed by atoms with Crippen molar-refractivity contribution in [3.8, 4) is 17.2 Å². The molecule has 0 saturated carbocycles. The molecule has 0 bridgehead atoms. The monoisotopic (exact) mass is 482 g/mol. The van der Waals surface area contributed by atoms with Gasteiger partial charge in [-0.25, -0.2) is 8.42 Å². The number of hydrogen-bond acceptors (Lipinski definition) is 6. The molecule has 1 fully saturated rings. The minimum absolute atomic E-state index is 0.0758. The molecule has 1 amide bonds. The molecule has 1 saturated heterocycles. The zero-order valence-electron chi connectivity index (χ0n) is 18.3. The average molecular weight is 483 g/mol. The van der Waals surface area contributed by atoms with Gasteiger partial charge in [0.1, 0.15) is 5.75 Å². The lowest BCUT2D eigenvalue weighted by molar-refractivity contribution is -0.120. The van der Waals surface area contributed by atoms with Crippen LogP contribution < -0.4 is 19.5 Å². The van der Waals surface area contributed by atoms with E-state index in [4.69, 9.17) is 25.8 Å². The summed E-state index contributed by atoms with van der Waals surface area (Å²) in [6.07, 6.45) is 1.17. The first-order chi connectivity index (χ1) is 15.3. The third kappa shape index (κ3) is 5.28. The van der Waals surface area contributed by atoms with E-state index in [1.54, 1.807) is 24.3 Å². The van der Waals surface area contributed by atoms with Crippen LogP contribution in [0.15, 0.2) is 41.3 Å². The molecule has 0 radical (unpaired) electrons. The molecule has 0 aliphatic carbocycles. The summed E-state index contributed by atoms with van der Waals surface area (Å²) in [6, 6.07) is 9.47. The fourth-order valence-corrected chi connectivity index (χ4v) is 5.45. The molecule has 8 nitrogen and oxygen atoms in total. The third-order valence-corrected chi connectivity index (χ3v) is 7.40. The van der Waals surface area contributed by atoms with Crippen molar-refractivity contribution in [2.75, 3.05) is 39.2 Å². The maximum absolute atomic E-state index is 13.2. The molecule has 2 aromatic rings. The molecule has 1 aliphatic rings. The normalized spacial score (nSPS) is 16.9. The number of nitrogens with one attached hydrogen (secondary N) is 1. The fourth-order valence-electron chi connectivity index (χ4n) is 3.60.